The molecule has 3 aliphatic rings. The highest BCUT2D eigenvalue weighted by atomic mass is 15.0. The van der Waals surface area contributed by atoms with Gasteiger partial charge in [0, 0.05) is 34.0 Å². The number of rotatable bonds is 4. The average Bonchev–Trinajstić information content (AvgIpc) is 3.09. The first kappa shape index (κ1) is 26.5. The summed E-state index contributed by atoms with van der Waals surface area (Å²) in [6.45, 7) is 4.72. The van der Waals surface area contributed by atoms with E-state index >= 15 is 0 Å². The summed E-state index contributed by atoms with van der Waals surface area (Å²) in [6, 6.07) is 38.2. The van der Waals surface area contributed by atoms with Gasteiger partial charge in [-0.1, -0.05) is 159 Å². The highest BCUT2D eigenvalue weighted by molar-refractivity contribution is 5.79. The van der Waals surface area contributed by atoms with E-state index in [1.54, 1.807) is 0 Å². The van der Waals surface area contributed by atoms with Crippen molar-refractivity contribution in [3.8, 4) is 33.9 Å². The van der Waals surface area contributed by atoms with Crippen molar-refractivity contribution in [2.45, 2.75) is 25.2 Å². The number of allylic oxidation sites excluding steroid dienone is 8. The molecule has 212 valence electrons. The predicted octanol–water partition coefficient (Wildman–Crippen LogP) is 9.63. The first-order valence-corrected chi connectivity index (χ1v) is 15.5. The first-order valence-electron chi connectivity index (χ1n) is 15.5. The molecule has 0 radical (unpaired) electrons. The Morgan fingerprint density at radius 2 is 1.18 bits per heavy atom. The van der Waals surface area contributed by atoms with Gasteiger partial charge in [0.1, 0.15) is 0 Å². The van der Waals surface area contributed by atoms with Gasteiger partial charge in [0.15, 0.2) is 17.5 Å². The smallest absolute Gasteiger partial charge is 0.164 e. The van der Waals surface area contributed by atoms with Gasteiger partial charge in [0.2, 0.25) is 0 Å². The molecular weight excluding hydrogens is 534 g/mol. The van der Waals surface area contributed by atoms with Gasteiger partial charge in [-0.3, -0.25) is 0 Å². The third-order valence-electron chi connectivity index (χ3n) is 9.53. The summed E-state index contributed by atoms with van der Waals surface area (Å²) >= 11 is 0. The molecule has 0 saturated heterocycles. The van der Waals surface area contributed by atoms with Crippen molar-refractivity contribution in [1.82, 2.24) is 15.0 Å². The van der Waals surface area contributed by atoms with Gasteiger partial charge in [0.05, 0.1) is 0 Å². The Hall–Kier alpha value is -5.15. The number of aromatic nitrogens is 3. The number of hydrogen-bond donors (Lipinski definition) is 0. The van der Waals surface area contributed by atoms with Crippen LogP contribution in [0, 0.1) is 11.8 Å². The Balaban J connectivity index is 1.23. The van der Waals surface area contributed by atoms with Gasteiger partial charge in [-0.2, -0.15) is 0 Å². The van der Waals surface area contributed by atoms with Gasteiger partial charge in [-0.25, -0.2) is 15.0 Å². The zero-order chi connectivity index (χ0) is 29.7. The Morgan fingerprint density at radius 3 is 1.89 bits per heavy atom. The van der Waals surface area contributed by atoms with E-state index in [2.05, 4.69) is 123 Å². The average molecular weight is 568 g/mol. The van der Waals surface area contributed by atoms with Crippen LogP contribution in [0.25, 0.3) is 39.5 Å². The van der Waals surface area contributed by atoms with Crippen molar-refractivity contribution >= 4 is 5.57 Å². The molecule has 0 amide bonds. The quantitative estimate of drug-likeness (QED) is 0.217. The molecule has 4 atom stereocenters. The normalized spacial score (nSPS) is 23.2. The van der Waals surface area contributed by atoms with Crippen LogP contribution in [0.2, 0.25) is 0 Å². The van der Waals surface area contributed by atoms with Crippen LogP contribution in [0.4, 0.5) is 0 Å². The Kier molecular flexibility index (Phi) is 6.34. The number of nitrogens with zero attached hydrogens (tertiary/aromatic N) is 3. The van der Waals surface area contributed by atoms with Crippen LogP contribution in [0.1, 0.15) is 36.7 Å². The van der Waals surface area contributed by atoms with Crippen LogP contribution < -0.4 is 0 Å². The molecule has 8 rings (SSSR count). The molecule has 0 fully saturated rings. The maximum absolute atomic E-state index is 5.01. The summed E-state index contributed by atoms with van der Waals surface area (Å²) in [5.41, 5.74) is 9.67. The second kappa shape index (κ2) is 10.5. The Labute approximate surface area is 259 Å². The third kappa shape index (κ3) is 4.39. The third-order valence-corrected chi connectivity index (χ3v) is 9.53. The van der Waals surface area contributed by atoms with Crippen LogP contribution in [0.15, 0.2) is 151 Å². The monoisotopic (exact) mass is 567 g/mol. The minimum atomic E-state index is -0.141. The lowest BCUT2D eigenvalue weighted by Gasteiger charge is -2.44. The van der Waals surface area contributed by atoms with E-state index in [0.717, 1.165) is 16.7 Å². The zero-order valence-corrected chi connectivity index (χ0v) is 24.9. The molecule has 44 heavy (non-hydrogen) atoms. The van der Waals surface area contributed by atoms with E-state index in [4.69, 9.17) is 15.0 Å². The molecule has 0 saturated carbocycles. The van der Waals surface area contributed by atoms with Crippen LogP contribution in [0.5, 0.6) is 0 Å². The molecule has 5 aromatic rings. The molecule has 1 heterocycles. The van der Waals surface area contributed by atoms with E-state index in [0.29, 0.717) is 29.3 Å². The van der Waals surface area contributed by atoms with Gasteiger partial charge in [-0.15, -0.1) is 0 Å². The lowest BCUT2D eigenvalue weighted by molar-refractivity contribution is 0.496. The molecule has 3 nitrogen and oxygen atoms in total. The molecule has 4 aromatic carbocycles. The number of hydrogen-bond acceptors (Lipinski definition) is 3. The maximum atomic E-state index is 5.01. The minimum absolute atomic E-state index is 0.141. The fourth-order valence-corrected chi connectivity index (χ4v) is 7.23. The summed E-state index contributed by atoms with van der Waals surface area (Å²) in [5, 5.41) is 0. The Bertz CT molecular complexity index is 1940. The Morgan fingerprint density at radius 1 is 0.591 bits per heavy atom. The van der Waals surface area contributed by atoms with Crippen molar-refractivity contribution in [2.75, 3.05) is 0 Å². The summed E-state index contributed by atoms with van der Waals surface area (Å²) in [7, 11) is 0. The SMILES string of the molecule is CC1C=CC(c2nc(-c3ccccc3)nc(-c3ccccc3)n2)=CC1C1=CC2(C)c3ccccc3-c3ccccc3C2C=C1. The van der Waals surface area contributed by atoms with Crippen molar-refractivity contribution in [1.29, 1.82) is 0 Å². The fourth-order valence-electron chi connectivity index (χ4n) is 7.23. The summed E-state index contributed by atoms with van der Waals surface area (Å²) in [4.78, 5) is 14.9. The van der Waals surface area contributed by atoms with Crippen molar-refractivity contribution in [2.24, 2.45) is 11.8 Å². The maximum Gasteiger partial charge on any atom is 0.164 e. The van der Waals surface area contributed by atoms with Gasteiger partial charge >= 0.3 is 0 Å². The van der Waals surface area contributed by atoms with Crippen molar-refractivity contribution in [3.05, 3.63) is 168 Å². The fraction of sp³-hybridized carbons (Fsp3) is 0.146. The lowest BCUT2D eigenvalue weighted by Crippen LogP contribution is -2.34. The number of benzene rings is 4. The van der Waals surface area contributed by atoms with Crippen molar-refractivity contribution in [3.63, 3.8) is 0 Å². The van der Waals surface area contributed by atoms with Gasteiger partial charge in [0.25, 0.3) is 0 Å². The summed E-state index contributed by atoms with van der Waals surface area (Å²) in [5.74, 6) is 2.90. The van der Waals surface area contributed by atoms with E-state index in [1.165, 1.54) is 27.8 Å². The van der Waals surface area contributed by atoms with E-state index < -0.39 is 0 Å². The standard InChI is InChI=1S/C41H33N3/c1-27-21-22-30(40-43-38(28-13-5-3-6-14-28)42-39(44-40)29-15-7-4-8-16-29)25-35(27)31-23-24-37-34-18-10-9-17-32(34)33-19-11-12-20-36(33)41(37,2)26-31/h3-27,35,37H,1-2H3. The highest BCUT2D eigenvalue weighted by Crippen LogP contribution is 2.54. The van der Waals surface area contributed by atoms with Crippen LogP contribution >= 0.6 is 0 Å². The largest absolute Gasteiger partial charge is 0.208 e. The van der Waals surface area contributed by atoms with Crippen molar-refractivity contribution < 1.29 is 0 Å². The number of fused-ring (bicyclic) bond motifs is 6. The van der Waals surface area contributed by atoms with E-state index in [9.17, 15) is 0 Å². The molecule has 0 bridgehead atoms. The first-order chi connectivity index (χ1) is 21.6. The van der Waals surface area contributed by atoms with Gasteiger partial charge < -0.3 is 0 Å². The summed E-state index contributed by atoms with van der Waals surface area (Å²) in [6.07, 6.45) is 14.2. The second-order valence-electron chi connectivity index (χ2n) is 12.3. The highest BCUT2D eigenvalue weighted by Gasteiger charge is 2.42. The predicted molar refractivity (Wildman–Crippen MR) is 180 cm³/mol. The van der Waals surface area contributed by atoms with E-state index in [-0.39, 0.29) is 11.3 Å². The summed E-state index contributed by atoms with van der Waals surface area (Å²) < 4.78 is 0. The molecule has 4 unspecified atom stereocenters. The minimum Gasteiger partial charge on any atom is -0.208 e. The molecule has 0 aliphatic heterocycles. The molecule has 1 aromatic heterocycles. The second-order valence-corrected chi connectivity index (χ2v) is 12.3. The lowest BCUT2D eigenvalue weighted by atomic mass is 9.59. The van der Waals surface area contributed by atoms with E-state index in [1.807, 2.05) is 36.4 Å². The molecule has 0 spiro atoms. The van der Waals surface area contributed by atoms with Crippen LogP contribution in [0.3, 0.4) is 0 Å². The van der Waals surface area contributed by atoms with Crippen LogP contribution in [-0.4, -0.2) is 15.0 Å². The molecule has 3 aliphatic carbocycles. The van der Waals surface area contributed by atoms with Crippen LogP contribution in [-0.2, 0) is 5.41 Å². The van der Waals surface area contributed by atoms with Gasteiger partial charge in [-0.05, 0) is 33.7 Å². The topological polar surface area (TPSA) is 38.7 Å². The molecular formula is C41H33N3. The zero-order valence-electron chi connectivity index (χ0n) is 24.9. The molecule has 3 heteroatoms. The molecule has 0 N–H and O–H groups in total.